The summed E-state index contributed by atoms with van der Waals surface area (Å²) in [6.07, 6.45) is 1.71. The van der Waals surface area contributed by atoms with Crippen molar-refractivity contribution in [3.05, 3.63) is 24.3 Å². The minimum absolute atomic E-state index is 0.00293. The molecular formula is C15H20N2O2S. The van der Waals surface area contributed by atoms with Gasteiger partial charge in [0.25, 0.3) is 5.91 Å². The smallest absolute Gasteiger partial charge is 0.265 e. The highest BCUT2D eigenvalue weighted by Crippen LogP contribution is 2.32. The molecule has 0 saturated carbocycles. The number of nitrogens with two attached hydrogens (primary N) is 1. The number of benzene rings is 1. The van der Waals surface area contributed by atoms with Gasteiger partial charge in [-0.25, -0.2) is 0 Å². The van der Waals surface area contributed by atoms with Crippen LogP contribution in [-0.2, 0) is 4.79 Å². The van der Waals surface area contributed by atoms with Gasteiger partial charge in [0.05, 0.1) is 10.7 Å². The largest absolute Gasteiger partial charge is 0.482 e. The first-order valence-corrected chi connectivity index (χ1v) is 7.15. The molecule has 108 valence electrons. The lowest BCUT2D eigenvalue weighted by Gasteiger charge is -2.30. The molecule has 1 heterocycles. The molecule has 1 aromatic rings. The number of anilines is 1. The molecule has 1 amide bonds. The molecule has 4 nitrogen and oxygen atoms in total. The Hall–Kier alpha value is -1.62. The molecule has 0 aliphatic carbocycles. The van der Waals surface area contributed by atoms with E-state index < -0.39 is 0 Å². The second-order valence-corrected chi connectivity index (χ2v) is 6.09. The summed E-state index contributed by atoms with van der Waals surface area (Å²) >= 11 is 5.06. The Kier molecular flexibility index (Phi) is 4.28. The van der Waals surface area contributed by atoms with Crippen molar-refractivity contribution in [3.8, 4) is 5.75 Å². The van der Waals surface area contributed by atoms with E-state index in [4.69, 9.17) is 22.7 Å². The lowest BCUT2D eigenvalue weighted by Crippen LogP contribution is -2.40. The number of carbonyl (C=O) groups excluding carboxylic acids is 1. The van der Waals surface area contributed by atoms with Crippen molar-refractivity contribution >= 4 is 28.8 Å². The summed E-state index contributed by atoms with van der Waals surface area (Å²) in [5.74, 6) is 0.762. The fourth-order valence-corrected chi connectivity index (χ4v) is 2.30. The van der Waals surface area contributed by atoms with Gasteiger partial charge in [-0.05, 0) is 25.0 Å². The van der Waals surface area contributed by atoms with Crippen molar-refractivity contribution in [2.75, 3.05) is 18.1 Å². The standard InChI is InChI=1S/C15H20N2O2S/c1-15(2,14(16)20)8-5-9-17-11-6-3-4-7-12(11)19-10-13(17)18/h3-4,6-7H,5,8-10H2,1-2H3,(H2,16,20). The molecule has 0 saturated heterocycles. The van der Waals surface area contributed by atoms with Gasteiger partial charge < -0.3 is 15.4 Å². The van der Waals surface area contributed by atoms with Gasteiger partial charge in [0.2, 0.25) is 0 Å². The SMILES string of the molecule is CC(C)(CCCN1C(=O)COc2ccccc21)C(N)=S. The van der Waals surface area contributed by atoms with Gasteiger partial charge in [0, 0.05) is 12.0 Å². The molecule has 2 rings (SSSR count). The second kappa shape index (κ2) is 5.79. The summed E-state index contributed by atoms with van der Waals surface area (Å²) in [6, 6.07) is 7.61. The highest BCUT2D eigenvalue weighted by atomic mass is 32.1. The number of rotatable bonds is 5. The molecule has 20 heavy (non-hydrogen) atoms. The maximum atomic E-state index is 12.0. The summed E-state index contributed by atoms with van der Waals surface area (Å²) in [6.45, 7) is 4.83. The number of carbonyl (C=O) groups is 1. The fraction of sp³-hybridized carbons (Fsp3) is 0.467. The van der Waals surface area contributed by atoms with Crippen LogP contribution in [0.4, 0.5) is 5.69 Å². The molecule has 0 radical (unpaired) electrons. The Morgan fingerprint density at radius 1 is 1.45 bits per heavy atom. The Morgan fingerprint density at radius 2 is 2.15 bits per heavy atom. The minimum atomic E-state index is -0.176. The van der Waals surface area contributed by atoms with Crippen LogP contribution in [0.2, 0.25) is 0 Å². The van der Waals surface area contributed by atoms with Gasteiger partial charge in [-0.15, -0.1) is 0 Å². The van der Waals surface area contributed by atoms with Crippen LogP contribution in [0.1, 0.15) is 26.7 Å². The maximum Gasteiger partial charge on any atom is 0.265 e. The Bertz CT molecular complexity index is 528. The number of para-hydroxylation sites is 2. The number of nitrogens with zero attached hydrogens (tertiary/aromatic N) is 1. The summed E-state index contributed by atoms with van der Waals surface area (Å²) in [4.78, 5) is 14.3. The van der Waals surface area contributed by atoms with E-state index in [1.807, 2.05) is 38.1 Å². The first-order chi connectivity index (χ1) is 9.42. The van der Waals surface area contributed by atoms with E-state index >= 15 is 0 Å². The molecule has 0 aromatic heterocycles. The van der Waals surface area contributed by atoms with Crippen molar-refractivity contribution in [1.29, 1.82) is 0 Å². The normalized spacial score (nSPS) is 14.7. The second-order valence-electron chi connectivity index (χ2n) is 5.65. The number of thiocarbonyl (C=S) groups is 1. The zero-order valence-electron chi connectivity index (χ0n) is 11.9. The fourth-order valence-electron chi connectivity index (χ4n) is 2.20. The predicted octanol–water partition coefficient (Wildman–Crippen LogP) is 2.50. The molecule has 0 spiro atoms. The third kappa shape index (κ3) is 3.10. The molecule has 0 fully saturated rings. The van der Waals surface area contributed by atoms with Crippen LogP contribution >= 0.6 is 12.2 Å². The quantitative estimate of drug-likeness (QED) is 0.847. The van der Waals surface area contributed by atoms with E-state index in [9.17, 15) is 4.79 Å². The molecule has 2 N–H and O–H groups in total. The monoisotopic (exact) mass is 292 g/mol. The van der Waals surface area contributed by atoms with E-state index in [0.29, 0.717) is 11.5 Å². The highest BCUT2D eigenvalue weighted by molar-refractivity contribution is 7.80. The van der Waals surface area contributed by atoms with Crippen molar-refractivity contribution in [2.45, 2.75) is 26.7 Å². The van der Waals surface area contributed by atoms with E-state index in [2.05, 4.69) is 0 Å². The lowest BCUT2D eigenvalue weighted by atomic mass is 9.88. The summed E-state index contributed by atoms with van der Waals surface area (Å²) < 4.78 is 5.42. The maximum absolute atomic E-state index is 12.0. The number of hydrogen-bond donors (Lipinski definition) is 1. The van der Waals surface area contributed by atoms with E-state index in [-0.39, 0.29) is 17.9 Å². The molecule has 0 atom stereocenters. The zero-order chi connectivity index (χ0) is 14.8. The lowest BCUT2D eigenvalue weighted by molar-refractivity contribution is -0.121. The van der Waals surface area contributed by atoms with Crippen LogP contribution in [-0.4, -0.2) is 24.0 Å². The first kappa shape index (κ1) is 14.8. The number of ether oxygens (including phenoxy) is 1. The van der Waals surface area contributed by atoms with Gasteiger partial charge in [-0.3, -0.25) is 4.79 Å². The van der Waals surface area contributed by atoms with Crippen molar-refractivity contribution < 1.29 is 9.53 Å². The summed E-state index contributed by atoms with van der Waals surface area (Å²) in [5, 5.41) is 0. The van der Waals surface area contributed by atoms with Crippen LogP contribution in [0.25, 0.3) is 0 Å². The van der Waals surface area contributed by atoms with Crippen LogP contribution in [0.3, 0.4) is 0 Å². The summed E-state index contributed by atoms with van der Waals surface area (Å²) in [7, 11) is 0. The summed E-state index contributed by atoms with van der Waals surface area (Å²) in [5.41, 5.74) is 6.39. The van der Waals surface area contributed by atoms with Crippen LogP contribution in [0.15, 0.2) is 24.3 Å². The van der Waals surface area contributed by atoms with Crippen molar-refractivity contribution in [3.63, 3.8) is 0 Å². The zero-order valence-corrected chi connectivity index (χ0v) is 12.7. The average Bonchev–Trinajstić information content (AvgIpc) is 2.41. The Morgan fingerprint density at radius 3 is 2.85 bits per heavy atom. The molecule has 0 bridgehead atoms. The van der Waals surface area contributed by atoms with E-state index in [1.165, 1.54) is 0 Å². The predicted molar refractivity (Wildman–Crippen MR) is 84.1 cm³/mol. The van der Waals surface area contributed by atoms with Crippen LogP contribution in [0.5, 0.6) is 5.75 Å². The molecule has 0 unspecified atom stereocenters. The van der Waals surface area contributed by atoms with Crippen molar-refractivity contribution in [2.24, 2.45) is 11.1 Å². The third-order valence-corrected chi connectivity index (χ3v) is 4.21. The molecule has 1 aromatic carbocycles. The first-order valence-electron chi connectivity index (χ1n) is 6.74. The van der Waals surface area contributed by atoms with E-state index in [0.717, 1.165) is 24.3 Å². The van der Waals surface area contributed by atoms with Gasteiger partial charge in [0.15, 0.2) is 6.61 Å². The highest BCUT2D eigenvalue weighted by Gasteiger charge is 2.26. The number of hydrogen-bond acceptors (Lipinski definition) is 3. The molecule has 1 aliphatic rings. The van der Waals surface area contributed by atoms with Crippen LogP contribution < -0.4 is 15.4 Å². The Balaban J connectivity index is 2.03. The van der Waals surface area contributed by atoms with Crippen molar-refractivity contribution in [1.82, 2.24) is 0 Å². The Labute approximate surface area is 124 Å². The average molecular weight is 292 g/mol. The van der Waals surface area contributed by atoms with Gasteiger partial charge >= 0.3 is 0 Å². The third-order valence-electron chi connectivity index (χ3n) is 3.66. The van der Waals surface area contributed by atoms with Gasteiger partial charge in [0.1, 0.15) is 5.75 Å². The van der Waals surface area contributed by atoms with Crippen LogP contribution in [0, 0.1) is 5.41 Å². The molecule has 5 heteroatoms. The molecular weight excluding hydrogens is 272 g/mol. The molecule has 1 aliphatic heterocycles. The number of fused-ring (bicyclic) bond motifs is 1. The van der Waals surface area contributed by atoms with Gasteiger partial charge in [-0.2, -0.15) is 0 Å². The topological polar surface area (TPSA) is 55.6 Å². The minimum Gasteiger partial charge on any atom is -0.482 e. The number of amides is 1. The van der Waals surface area contributed by atoms with Gasteiger partial charge in [-0.1, -0.05) is 38.2 Å². The van der Waals surface area contributed by atoms with E-state index in [1.54, 1.807) is 4.90 Å².